The van der Waals surface area contributed by atoms with E-state index in [0.717, 1.165) is 23.8 Å². The summed E-state index contributed by atoms with van der Waals surface area (Å²) in [5, 5.41) is 0. The topological polar surface area (TPSA) is 58.6 Å². The number of aryl methyl sites for hydroxylation is 1. The van der Waals surface area contributed by atoms with Crippen molar-refractivity contribution in [3.63, 3.8) is 0 Å². The average Bonchev–Trinajstić information content (AvgIpc) is 2.85. The predicted molar refractivity (Wildman–Crippen MR) is 86.3 cm³/mol. The number of anilines is 1. The van der Waals surface area contributed by atoms with Crippen molar-refractivity contribution in [2.45, 2.75) is 45.6 Å². The zero-order chi connectivity index (χ0) is 16.5. The van der Waals surface area contributed by atoms with E-state index in [1.165, 1.54) is 0 Å². The Morgan fingerprint density at radius 1 is 1.36 bits per heavy atom. The molecule has 0 radical (unpaired) electrons. The van der Waals surface area contributed by atoms with Gasteiger partial charge in [0.1, 0.15) is 17.2 Å². The maximum atomic E-state index is 12.1. The smallest absolute Gasteiger partial charge is 0.410 e. The molecule has 1 aromatic heterocycles. The van der Waals surface area contributed by atoms with Crippen LogP contribution in [0.3, 0.4) is 0 Å². The summed E-state index contributed by atoms with van der Waals surface area (Å²) in [5.74, 6) is 1.91. The highest BCUT2D eigenvalue weighted by atomic mass is 16.6. The molecule has 0 bridgehead atoms. The van der Waals surface area contributed by atoms with Crippen LogP contribution >= 0.6 is 0 Å². The molecular formula is C16H26N4O2. The van der Waals surface area contributed by atoms with E-state index in [0.29, 0.717) is 13.1 Å². The van der Waals surface area contributed by atoms with E-state index in [9.17, 15) is 4.79 Å². The van der Waals surface area contributed by atoms with Crippen LogP contribution in [0.1, 0.15) is 44.6 Å². The third-order valence-electron chi connectivity index (χ3n) is 3.56. The molecule has 1 aliphatic heterocycles. The van der Waals surface area contributed by atoms with Gasteiger partial charge in [-0.25, -0.2) is 14.8 Å². The van der Waals surface area contributed by atoms with Crippen LogP contribution in [-0.4, -0.2) is 53.7 Å². The van der Waals surface area contributed by atoms with Gasteiger partial charge in [0, 0.05) is 39.2 Å². The lowest BCUT2D eigenvalue weighted by atomic mass is 10.0. The summed E-state index contributed by atoms with van der Waals surface area (Å²) >= 11 is 0. The monoisotopic (exact) mass is 306 g/mol. The normalized spacial score (nSPS) is 18.5. The number of hydrogen-bond donors (Lipinski definition) is 0. The van der Waals surface area contributed by atoms with Gasteiger partial charge in [-0.2, -0.15) is 0 Å². The number of rotatable bonds is 2. The molecule has 0 aliphatic carbocycles. The molecule has 0 unspecified atom stereocenters. The largest absolute Gasteiger partial charge is 0.444 e. The van der Waals surface area contributed by atoms with Gasteiger partial charge >= 0.3 is 6.09 Å². The van der Waals surface area contributed by atoms with E-state index in [4.69, 9.17) is 4.74 Å². The zero-order valence-electron chi connectivity index (χ0n) is 14.4. The molecule has 1 fully saturated rings. The minimum absolute atomic E-state index is 0.242. The predicted octanol–water partition coefficient (Wildman–Crippen LogP) is 2.58. The van der Waals surface area contributed by atoms with Crippen LogP contribution in [0.5, 0.6) is 0 Å². The first-order valence-electron chi connectivity index (χ1n) is 7.66. The Bertz CT molecular complexity index is 552. The molecule has 1 saturated heterocycles. The van der Waals surface area contributed by atoms with Crippen molar-refractivity contribution in [1.82, 2.24) is 14.9 Å². The SMILES string of the molecule is Cc1nc([C@H]2CCN(C(=O)OC(C)(C)C)C2)cc(N(C)C)n1. The molecule has 6 nitrogen and oxygen atoms in total. The molecule has 2 heterocycles. The highest BCUT2D eigenvalue weighted by Crippen LogP contribution is 2.28. The van der Waals surface area contributed by atoms with E-state index in [1.54, 1.807) is 4.90 Å². The number of carbonyl (C=O) groups is 1. The quantitative estimate of drug-likeness (QED) is 0.840. The fourth-order valence-electron chi connectivity index (χ4n) is 2.51. The molecule has 1 aliphatic rings. The second kappa shape index (κ2) is 6.10. The van der Waals surface area contributed by atoms with Crippen LogP contribution in [0.2, 0.25) is 0 Å². The Labute approximate surface area is 132 Å². The van der Waals surface area contributed by atoms with Crippen molar-refractivity contribution < 1.29 is 9.53 Å². The molecule has 0 aromatic carbocycles. The standard InChI is InChI=1S/C16H26N4O2/c1-11-17-13(9-14(18-11)19(5)6)12-7-8-20(10-12)15(21)22-16(2,3)4/h9,12H,7-8,10H2,1-6H3/t12-/m0/s1. The first-order valence-corrected chi connectivity index (χ1v) is 7.66. The zero-order valence-corrected chi connectivity index (χ0v) is 14.4. The average molecular weight is 306 g/mol. The van der Waals surface area contributed by atoms with Crippen LogP contribution in [0.15, 0.2) is 6.07 Å². The molecule has 22 heavy (non-hydrogen) atoms. The van der Waals surface area contributed by atoms with Crippen molar-refractivity contribution in [3.8, 4) is 0 Å². The van der Waals surface area contributed by atoms with Crippen molar-refractivity contribution in [2.75, 3.05) is 32.1 Å². The molecule has 0 N–H and O–H groups in total. The van der Waals surface area contributed by atoms with E-state index in [-0.39, 0.29) is 12.0 Å². The Balaban J connectivity index is 2.09. The van der Waals surface area contributed by atoms with Crippen LogP contribution in [0.25, 0.3) is 0 Å². The van der Waals surface area contributed by atoms with Crippen LogP contribution in [0.4, 0.5) is 10.6 Å². The first-order chi connectivity index (χ1) is 10.2. The third-order valence-corrected chi connectivity index (χ3v) is 3.56. The number of likely N-dealkylation sites (tertiary alicyclic amines) is 1. The molecule has 122 valence electrons. The minimum Gasteiger partial charge on any atom is -0.444 e. The molecular weight excluding hydrogens is 280 g/mol. The minimum atomic E-state index is -0.460. The van der Waals surface area contributed by atoms with E-state index in [2.05, 4.69) is 9.97 Å². The van der Waals surface area contributed by atoms with Gasteiger partial charge < -0.3 is 14.5 Å². The van der Waals surface area contributed by atoms with Crippen LogP contribution < -0.4 is 4.90 Å². The van der Waals surface area contributed by atoms with Gasteiger partial charge in [-0.15, -0.1) is 0 Å². The van der Waals surface area contributed by atoms with Gasteiger partial charge in [-0.3, -0.25) is 0 Å². The van der Waals surface area contributed by atoms with Crippen LogP contribution in [-0.2, 0) is 4.74 Å². The molecule has 0 spiro atoms. The highest BCUT2D eigenvalue weighted by Gasteiger charge is 2.31. The van der Waals surface area contributed by atoms with Gasteiger partial charge in [-0.1, -0.05) is 0 Å². The maximum absolute atomic E-state index is 12.1. The Morgan fingerprint density at radius 3 is 2.64 bits per heavy atom. The maximum Gasteiger partial charge on any atom is 0.410 e. The summed E-state index contributed by atoms with van der Waals surface area (Å²) in [5.41, 5.74) is 0.543. The highest BCUT2D eigenvalue weighted by molar-refractivity contribution is 5.68. The number of carbonyl (C=O) groups excluding carboxylic acids is 1. The third kappa shape index (κ3) is 4.08. The van der Waals surface area contributed by atoms with Crippen molar-refractivity contribution in [1.29, 1.82) is 0 Å². The molecule has 1 aromatic rings. The Morgan fingerprint density at radius 2 is 2.05 bits per heavy atom. The molecule has 6 heteroatoms. The van der Waals surface area contributed by atoms with Crippen molar-refractivity contribution in [2.24, 2.45) is 0 Å². The van der Waals surface area contributed by atoms with E-state index in [1.807, 2.05) is 52.8 Å². The summed E-state index contributed by atoms with van der Waals surface area (Å²) in [7, 11) is 3.93. The second-order valence-corrected chi connectivity index (χ2v) is 7.00. The number of aromatic nitrogens is 2. The van der Waals surface area contributed by atoms with Gasteiger partial charge in [0.25, 0.3) is 0 Å². The molecule has 0 saturated carbocycles. The lowest BCUT2D eigenvalue weighted by molar-refractivity contribution is 0.0292. The summed E-state index contributed by atoms with van der Waals surface area (Å²) in [6.45, 7) is 8.91. The van der Waals surface area contributed by atoms with Gasteiger partial charge in [0.15, 0.2) is 0 Å². The number of ether oxygens (including phenoxy) is 1. The van der Waals surface area contributed by atoms with E-state index >= 15 is 0 Å². The fraction of sp³-hybridized carbons (Fsp3) is 0.688. The van der Waals surface area contributed by atoms with Gasteiger partial charge in [0.2, 0.25) is 0 Å². The lowest BCUT2D eigenvalue weighted by Gasteiger charge is -2.24. The Hall–Kier alpha value is -1.85. The number of hydrogen-bond acceptors (Lipinski definition) is 5. The van der Waals surface area contributed by atoms with Crippen molar-refractivity contribution >= 4 is 11.9 Å². The summed E-state index contributed by atoms with van der Waals surface area (Å²) in [4.78, 5) is 24.8. The van der Waals surface area contributed by atoms with E-state index < -0.39 is 5.60 Å². The lowest BCUT2D eigenvalue weighted by Crippen LogP contribution is -2.35. The van der Waals surface area contributed by atoms with Gasteiger partial charge in [-0.05, 0) is 34.1 Å². The summed E-state index contributed by atoms with van der Waals surface area (Å²) < 4.78 is 5.44. The number of amides is 1. The van der Waals surface area contributed by atoms with Crippen molar-refractivity contribution in [3.05, 3.63) is 17.6 Å². The Kier molecular flexibility index (Phi) is 4.58. The fourth-order valence-corrected chi connectivity index (χ4v) is 2.51. The second-order valence-electron chi connectivity index (χ2n) is 7.00. The number of nitrogens with zero attached hydrogens (tertiary/aromatic N) is 4. The molecule has 1 atom stereocenters. The summed E-state index contributed by atoms with van der Waals surface area (Å²) in [6.07, 6.45) is 0.663. The van der Waals surface area contributed by atoms with Crippen LogP contribution in [0, 0.1) is 6.92 Å². The first kappa shape index (κ1) is 16.5. The summed E-state index contributed by atoms with van der Waals surface area (Å²) in [6, 6.07) is 2.01. The van der Waals surface area contributed by atoms with Gasteiger partial charge in [0.05, 0.1) is 5.69 Å². The molecule has 2 rings (SSSR count). The molecule has 1 amide bonds.